The highest BCUT2D eigenvalue weighted by molar-refractivity contribution is 6.25. The number of fused-ring (bicyclic) bond motifs is 1. The maximum atomic E-state index is 13.2. The third kappa shape index (κ3) is 4.21. The first kappa shape index (κ1) is 23.5. The van der Waals surface area contributed by atoms with Crippen LogP contribution < -0.4 is 10.6 Å². The molecule has 1 aromatic carbocycles. The van der Waals surface area contributed by atoms with Gasteiger partial charge in [-0.2, -0.15) is 5.10 Å². The van der Waals surface area contributed by atoms with Gasteiger partial charge in [0.25, 0.3) is 11.8 Å². The van der Waals surface area contributed by atoms with Crippen LogP contribution in [0.4, 0.5) is 5.69 Å². The van der Waals surface area contributed by atoms with Gasteiger partial charge in [-0.3, -0.25) is 34.1 Å². The Balaban J connectivity index is 1.30. The molecule has 4 amide bonds. The Morgan fingerprint density at radius 2 is 1.97 bits per heavy atom. The zero-order valence-corrected chi connectivity index (χ0v) is 20.3. The molecular formula is C24H27ClN6O4. The molecule has 0 radical (unpaired) electrons. The van der Waals surface area contributed by atoms with Crippen molar-refractivity contribution in [2.45, 2.75) is 63.7 Å². The van der Waals surface area contributed by atoms with Crippen molar-refractivity contribution in [2.75, 3.05) is 11.9 Å². The first-order valence-electron chi connectivity index (χ1n) is 11.7. The summed E-state index contributed by atoms with van der Waals surface area (Å²) < 4.78 is 3.82. The fourth-order valence-corrected chi connectivity index (χ4v) is 5.26. The van der Waals surface area contributed by atoms with E-state index in [1.807, 2.05) is 15.3 Å². The van der Waals surface area contributed by atoms with Crippen molar-refractivity contribution >= 4 is 41.1 Å². The predicted molar refractivity (Wildman–Crippen MR) is 128 cm³/mol. The molecule has 3 aliphatic rings. The number of benzene rings is 1. The SMILES string of the molecule is CC1(C)C[C@@H](n2cc(CNc3cccc4c3C(=O)N(C3CCC(=O)NC3=O)C4=O)cn2)CCN1Cl. The van der Waals surface area contributed by atoms with Crippen molar-refractivity contribution in [2.24, 2.45) is 0 Å². The van der Waals surface area contributed by atoms with Crippen LogP contribution in [0.3, 0.4) is 0 Å². The molecule has 2 aromatic rings. The molecule has 2 fully saturated rings. The van der Waals surface area contributed by atoms with Crippen molar-refractivity contribution in [3.8, 4) is 0 Å². The minimum atomic E-state index is -0.991. The van der Waals surface area contributed by atoms with Gasteiger partial charge in [-0.15, -0.1) is 0 Å². The summed E-state index contributed by atoms with van der Waals surface area (Å²) in [5.41, 5.74) is 1.81. The van der Waals surface area contributed by atoms with Crippen LogP contribution in [0.5, 0.6) is 0 Å². The molecule has 10 nitrogen and oxygen atoms in total. The normalized spacial score (nSPS) is 24.5. The lowest BCUT2D eigenvalue weighted by Gasteiger charge is -2.41. The average Bonchev–Trinajstić information content (AvgIpc) is 3.38. The first-order chi connectivity index (χ1) is 16.7. The number of nitrogens with one attached hydrogen (secondary N) is 2. The quantitative estimate of drug-likeness (QED) is 0.480. The van der Waals surface area contributed by atoms with Gasteiger partial charge in [-0.25, -0.2) is 4.42 Å². The molecule has 0 spiro atoms. The summed E-state index contributed by atoms with van der Waals surface area (Å²) >= 11 is 6.33. The fraction of sp³-hybridized carbons (Fsp3) is 0.458. The van der Waals surface area contributed by atoms with Crippen LogP contribution in [0.2, 0.25) is 0 Å². The van der Waals surface area contributed by atoms with Crippen LogP contribution in [0.25, 0.3) is 0 Å². The minimum Gasteiger partial charge on any atom is -0.380 e. The Morgan fingerprint density at radius 1 is 1.17 bits per heavy atom. The second-order valence-corrected chi connectivity index (χ2v) is 10.3. The lowest BCUT2D eigenvalue weighted by atomic mass is 9.89. The standard InChI is InChI=1S/C24H27ClN6O4/c1-24(2)10-15(8-9-30(24)25)29-13-14(12-27-29)11-26-17-5-3-4-16-20(17)23(35)31(22(16)34)18-6-7-19(32)28-21(18)33/h3-5,12-13,15,18,26H,6-11H2,1-2H3,(H,28,32,33)/t15-,18?/m0/s1. The van der Waals surface area contributed by atoms with Gasteiger partial charge >= 0.3 is 0 Å². The van der Waals surface area contributed by atoms with Crippen molar-refractivity contribution in [3.63, 3.8) is 0 Å². The predicted octanol–water partition coefficient (Wildman–Crippen LogP) is 2.47. The Bertz CT molecular complexity index is 1220. The number of carbonyl (C=O) groups excluding carboxylic acids is 4. The minimum absolute atomic E-state index is 0.0833. The van der Waals surface area contributed by atoms with E-state index in [1.54, 1.807) is 24.4 Å². The average molecular weight is 499 g/mol. The zero-order valence-electron chi connectivity index (χ0n) is 19.6. The summed E-state index contributed by atoms with van der Waals surface area (Å²) in [7, 11) is 0. The largest absolute Gasteiger partial charge is 0.380 e. The Hall–Kier alpha value is -3.24. The van der Waals surface area contributed by atoms with Gasteiger partial charge in [0.1, 0.15) is 6.04 Å². The second-order valence-electron chi connectivity index (χ2n) is 9.90. The van der Waals surface area contributed by atoms with Gasteiger partial charge < -0.3 is 5.32 Å². The van der Waals surface area contributed by atoms with Crippen LogP contribution in [-0.2, 0) is 16.1 Å². The van der Waals surface area contributed by atoms with Gasteiger partial charge in [0, 0.05) is 42.5 Å². The monoisotopic (exact) mass is 498 g/mol. The van der Waals surface area contributed by atoms with Gasteiger partial charge in [-0.05, 0) is 57.0 Å². The molecule has 2 atom stereocenters. The summed E-state index contributed by atoms with van der Waals surface area (Å²) in [6.45, 7) is 5.42. The van der Waals surface area contributed by atoms with E-state index in [2.05, 4.69) is 29.6 Å². The number of rotatable bonds is 5. The molecule has 5 rings (SSSR count). The van der Waals surface area contributed by atoms with E-state index in [4.69, 9.17) is 11.8 Å². The van der Waals surface area contributed by atoms with Gasteiger partial charge in [0.2, 0.25) is 11.8 Å². The highest BCUT2D eigenvalue weighted by Crippen LogP contribution is 2.36. The Morgan fingerprint density at radius 3 is 2.71 bits per heavy atom. The highest BCUT2D eigenvalue weighted by atomic mass is 35.5. The topological polar surface area (TPSA) is 117 Å². The van der Waals surface area contributed by atoms with Crippen LogP contribution >= 0.6 is 11.8 Å². The summed E-state index contributed by atoms with van der Waals surface area (Å²) in [4.78, 5) is 51.0. The van der Waals surface area contributed by atoms with E-state index < -0.39 is 29.7 Å². The third-order valence-electron chi connectivity index (χ3n) is 7.03. The van der Waals surface area contributed by atoms with E-state index in [-0.39, 0.29) is 35.5 Å². The van der Waals surface area contributed by atoms with E-state index in [0.717, 1.165) is 29.8 Å². The van der Waals surface area contributed by atoms with Gasteiger partial charge in [-0.1, -0.05) is 6.07 Å². The maximum Gasteiger partial charge on any atom is 0.264 e. The molecule has 0 bridgehead atoms. The molecule has 0 saturated carbocycles. The van der Waals surface area contributed by atoms with Crippen LogP contribution in [0.15, 0.2) is 30.6 Å². The van der Waals surface area contributed by atoms with Crippen molar-refractivity contribution in [1.82, 2.24) is 24.4 Å². The van der Waals surface area contributed by atoms with Gasteiger partial charge in [0.15, 0.2) is 0 Å². The molecule has 0 aliphatic carbocycles. The molecule has 4 heterocycles. The molecule has 2 saturated heterocycles. The summed E-state index contributed by atoms with van der Waals surface area (Å²) in [5, 5.41) is 10.0. The summed E-state index contributed by atoms with van der Waals surface area (Å²) in [5.74, 6) is -2.08. The number of nitrogens with zero attached hydrogens (tertiary/aromatic N) is 4. The number of aromatic nitrogens is 2. The molecule has 1 unspecified atom stereocenters. The second kappa shape index (κ2) is 8.76. The molecule has 35 heavy (non-hydrogen) atoms. The summed E-state index contributed by atoms with van der Waals surface area (Å²) in [6, 6.07) is 4.27. The lowest BCUT2D eigenvalue weighted by Crippen LogP contribution is -2.54. The van der Waals surface area contributed by atoms with Crippen LogP contribution in [0, 0.1) is 0 Å². The molecule has 184 valence electrons. The zero-order chi connectivity index (χ0) is 24.9. The van der Waals surface area contributed by atoms with Crippen LogP contribution in [0.1, 0.15) is 71.9 Å². The third-order valence-corrected chi connectivity index (χ3v) is 7.66. The smallest absolute Gasteiger partial charge is 0.264 e. The molecule has 2 N–H and O–H groups in total. The molecule has 1 aromatic heterocycles. The number of carbonyl (C=O) groups is 4. The van der Waals surface area contributed by atoms with Gasteiger partial charge in [0.05, 0.1) is 23.4 Å². The molecule has 3 aliphatic heterocycles. The number of hydrogen-bond donors (Lipinski definition) is 2. The van der Waals surface area contributed by atoms with E-state index >= 15 is 0 Å². The van der Waals surface area contributed by atoms with Crippen molar-refractivity contribution in [3.05, 3.63) is 47.3 Å². The number of amides is 4. The van der Waals surface area contributed by atoms with E-state index in [9.17, 15) is 19.2 Å². The maximum absolute atomic E-state index is 13.2. The molecular weight excluding hydrogens is 472 g/mol. The van der Waals surface area contributed by atoms with E-state index in [0.29, 0.717) is 12.2 Å². The number of hydrogen-bond acceptors (Lipinski definition) is 7. The van der Waals surface area contributed by atoms with Crippen molar-refractivity contribution in [1.29, 1.82) is 0 Å². The Kier molecular flexibility index (Phi) is 5.88. The lowest BCUT2D eigenvalue weighted by molar-refractivity contribution is -0.136. The first-order valence-corrected chi connectivity index (χ1v) is 12.0. The summed E-state index contributed by atoms with van der Waals surface area (Å²) in [6.07, 6.45) is 5.77. The number of halogens is 1. The fourth-order valence-electron chi connectivity index (χ4n) is 5.10. The number of anilines is 1. The highest BCUT2D eigenvalue weighted by Gasteiger charge is 2.45. The van der Waals surface area contributed by atoms with Crippen molar-refractivity contribution < 1.29 is 19.2 Å². The number of piperidine rings is 2. The van der Waals surface area contributed by atoms with E-state index in [1.165, 1.54) is 0 Å². The Labute approximate surface area is 207 Å². The molecule has 11 heteroatoms. The van der Waals surface area contributed by atoms with Crippen LogP contribution in [-0.4, -0.2) is 60.9 Å². The number of imide groups is 2.